The van der Waals surface area contributed by atoms with Gasteiger partial charge in [0.1, 0.15) is 5.58 Å². The lowest BCUT2D eigenvalue weighted by Gasteiger charge is -2.26. The van der Waals surface area contributed by atoms with Crippen LogP contribution < -0.4 is 4.90 Å². The van der Waals surface area contributed by atoms with Crippen molar-refractivity contribution < 1.29 is 4.42 Å². The van der Waals surface area contributed by atoms with Crippen LogP contribution in [0.3, 0.4) is 0 Å². The Morgan fingerprint density at radius 1 is 0.423 bits per heavy atom. The zero-order valence-electron chi connectivity index (χ0n) is 28.0. The van der Waals surface area contributed by atoms with Crippen molar-refractivity contribution >= 4 is 92.3 Å². The molecule has 0 saturated carbocycles. The van der Waals surface area contributed by atoms with Gasteiger partial charge in [0, 0.05) is 58.8 Å². The summed E-state index contributed by atoms with van der Waals surface area (Å²) in [7, 11) is 0. The van der Waals surface area contributed by atoms with E-state index in [4.69, 9.17) is 4.42 Å². The van der Waals surface area contributed by atoms with E-state index in [9.17, 15) is 0 Å². The highest BCUT2D eigenvalue weighted by Crippen LogP contribution is 2.45. The van der Waals surface area contributed by atoms with Crippen LogP contribution >= 0.6 is 11.3 Å². The van der Waals surface area contributed by atoms with Crippen LogP contribution in [0.4, 0.5) is 17.1 Å². The average molecular weight is 683 g/mol. The topological polar surface area (TPSA) is 21.3 Å². The van der Waals surface area contributed by atoms with Crippen LogP contribution in [0.25, 0.3) is 80.7 Å². The predicted molar refractivity (Wildman–Crippen MR) is 221 cm³/mol. The van der Waals surface area contributed by atoms with Gasteiger partial charge < -0.3 is 13.9 Å². The first-order chi connectivity index (χ1) is 25.8. The molecule has 3 heterocycles. The normalized spacial score (nSPS) is 11.8. The largest absolute Gasteiger partial charge is 0.454 e. The van der Waals surface area contributed by atoms with Gasteiger partial charge in [0.25, 0.3) is 0 Å². The predicted octanol–water partition coefficient (Wildman–Crippen LogP) is 14.2. The Hall–Kier alpha value is -6.62. The minimum absolute atomic E-state index is 0.874. The monoisotopic (exact) mass is 682 g/mol. The Morgan fingerprint density at radius 3 is 2.02 bits per heavy atom. The molecule has 52 heavy (non-hydrogen) atoms. The number of fused-ring (bicyclic) bond motifs is 9. The van der Waals surface area contributed by atoms with Gasteiger partial charge in [0.2, 0.25) is 0 Å². The van der Waals surface area contributed by atoms with Crippen LogP contribution in [0.2, 0.25) is 0 Å². The summed E-state index contributed by atoms with van der Waals surface area (Å²) in [6, 6.07) is 65.5. The van der Waals surface area contributed by atoms with Gasteiger partial charge in [0.05, 0.1) is 16.7 Å². The molecular formula is C48H30N2OS. The van der Waals surface area contributed by atoms with Crippen LogP contribution in [-0.4, -0.2) is 4.57 Å². The summed E-state index contributed by atoms with van der Waals surface area (Å²) in [4.78, 5) is 2.36. The maximum absolute atomic E-state index is 6.65. The number of nitrogens with zero attached hydrogens (tertiary/aromatic N) is 2. The lowest BCUT2D eigenvalue weighted by molar-refractivity contribution is 0.669. The van der Waals surface area contributed by atoms with Gasteiger partial charge in [-0.2, -0.15) is 0 Å². The molecule has 0 aliphatic carbocycles. The third-order valence-corrected chi connectivity index (χ3v) is 11.5. The molecule has 0 amide bonds. The second-order valence-corrected chi connectivity index (χ2v) is 14.4. The summed E-state index contributed by atoms with van der Waals surface area (Å²) in [6.07, 6.45) is 0. The molecular weight excluding hydrogens is 653 g/mol. The van der Waals surface area contributed by atoms with Gasteiger partial charge in [-0.25, -0.2) is 0 Å². The van der Waals surface area contributed by atoms with Gasteiger partial charge in [0.15, 0.2) is 5.58 Å². The van der Waals surface area contributed by atoms with E-state index in [-0.39, 0.29) is 0 Å². The zero-order chi connectivity index (χ0) is 34.2. The van der Waals surface area contributed by atoms with Crippen LogP contribution in [0, 0.1) is 0 Å². The van der Waals surface area contributed by atoms with Gasteiger partial charge in [-0.1, -0.05) is 115 Å². The number of hydrogen-bond donors (Lipinski definition) is 0. The molecule has 0 atom stereocenters. The number of benzene rings is 8. The lowest BCUT2D eigenvalue weighted by Crippen LogP contribution is -2.10. The number of thiophene rings is 1. The van der Waals surface area contributed by atoms with E-state index >= 15 is 0 Å². The summed E-state index contributed by atoms with van der Waals surface area (Å²) in [5.74, 6) is 0. The second-order valence-electron chi connectivity index (χ2n) is 13.3. The quantitative estimate of drug-likeness (QED) is 0.180. The van der Waals surface area contributed by atoms with Crippen molar-refractivity contribution in [1.29, 1.82) is 0 Å². The highest BCUT2D eigenvalue weighted by Gasteiger charge is 2.21. The van der Waals surface area contributed by atoms with Crippen molar-refractivity contribution in [3.05, 3.63) is 182 Å². The van der Waals surface area contributed by atoms with Crippen molar-refractivity contribution in [3.63, 3.8) is 0 Å². The van der Waals surface area contributed by atoms with Gasteiger partial charge >= 0.3 is 0 Å². The molecule has 4 heteroatoms. The molecule has 11 rings (SSSR count). The smallest absolute Gasteiger partial charge is 0.159 e. The third-order valence-electron chi connectivity index (χ3n) is 10.4. The molecule has 0 fully saturated rings. The Bertz CT molecular complexity index is 3150. The summed E-state index contributed by atoms with van der Waals surface area (Å²) in [5, 5.41) is 7.30. The number of anilines is 3. The van der Waals surface area contributed by atoms with Crippen molar-refractivity contribution in [3.8, 4) is 16.8 Å². The molecule has 0 bridgehead atoms. The highest BCUT2D eigenvalue weighted by atomic mass is 32.1. The van der Waals surface area contributed by atoms with Crippen LogP contribution in [-0.2, 0) is 0 Å². The molecule has 0 radical (unpaired) electrons. The molecule has 244 valence electrons. The molecule has 0 aliphatic heterocycles. The van der Waals surface area contributed by atoms with Crippen LogP contribution in [0.1, 0.15) is 0 Å². The van der Waals surface area contributed by atoms with Crippen molar-refractivity contribution in [2.45, 2.75) is 0 Å². The van der Waals surface area contributed by atoms with Crippen LogP contribution in [0.15, 0.2) is 186 Å². The molecule has 0 aliphatic rings. The summed E-state index contributed by atoms with van der Waals surface area (Å²) >= 11 is 1.84. The Balaban J connectivity index is 1.13. The molecule has 8 aromatic carbocycles. The van der Waals surface area contributed by atoms with E-state index < -0.39 is 0 Å². The van der Waals surface area contributed by atoms with Crippen molar-refractivity contribution in [2.24, 2.45) is 0 Å². The molecule has 3 nitrogen and oxygen atoms in total. The minimum atomic E-state index is 0.874. The Morgan fingerprint density at radius 2 is 1.10 bits per heavy atom. The number of rotatable bonds is 5. The Labute approximate surface area is 303 Å². The van der Waals surface area contributed by atoms with Crippen molar-refractivity contribution in [1.82, 2.24) is 4.57 Å². The zero-order valence-corrected chi connectivity index (χ0v) is 28.8. The first-order valence-corrected chi connectivity index (χ1v) is 18.4. The second kappa shape index (κ2) is 11.5. The minimum Gasteiger partial charge on any atom is -0.454 e. The maximum atomic E-state index is 6.65. The van der Waals surface area contributed by atoms with Crippen LogP contribution in [0.5, 0.6) is 0 Å². The van der Waals surface area contributed by atoms with E-state index in [1.165, 1.54) is 42.0 Å². The van der Waals surface area contributed by atoms with E-state index in [1.807, 2.05) is 17.4 Å². The SMILES string of the molecule is c1ccc(-n2c3ccccc3c3ccc(-c4cccc(N(c5ccc6c(c5)sc5ccccc56)c5cccc6c5oc5ccccc56)c4)cc32)cc1. The summed E-state index contributed by atoms with van der Waals surface area (Å²) in [5.41, 5.74) is 10.8. The Kier molecular flexibility index (Phi) is 6.42. The molecule has 0 unspecified atom stereocenters. The average Bonchev–Trinajstić information content (AvgIpc) is 3.88. The van der Waals surface area contributed by atoms with Gasteiger partial charge in [-0.05, 0) is 77.9 Å². The number of hydrogen-bond acceptors (Lipinski definition) is 3. The molecule has 0 saturated heterocycles. The van der Waals surface area contributed by atoms with Crippen molar-refractivity contribution in [2.75, 3.05) is 4.90 Å². The number of aromatic nitrogens is 1. The fourth-order valence-corrected chi connectivity index (χ4v) is 9.16. The molecule has 0 N–H and O–H groups in total. The first kappa shape index (κ1) is 29.1. The van der Waals surface area contributed by atoms with E-state index in [1.54, 1.807) is 0 Å². The van der Waals surface area contributed by atoms with E-state index in [0.29, 0.717) is 0 Å². The summed E-state index contributed by atoms with van der Waals surface area (Å²) in [6.45, 7) is 0. The van der Waals surface area contributed by atoms with E-state index in [2.05, 4.69) is 185 Å². The molecule has 11 aromatic rings. The third kappa shape index (κ3) is 4.45. The lowest BCUT2D eigenvalue weighted by atomic mass is 10.0. The maximum Gasteiger partial charge on any atom is 0.159 e. The van der Waals surface area contributed by atoms with Gasteiger partial charge in [-0.15, -0.1) is 11.3 Å². The number of furan rings is 1. The standard InChI is InChI=1S/C48H30N2OS/c1-2-13-33(14-3-1)50-42-20-7-4-16-36(42)37-26-24-32(29-44(37)50)31-12-10-15-34(28-31)49(35-25-27-40-39-18-6-9-23-46(39)52-47(40)30-35)43-21-11-19-41-38-17-5-8-22-45(38)51-48(41)43/h1-30H. The highest BCUT2D eigenvalue weighted by molar-refractivity contribution is 7.25. The fourth-order valence-electron chi connectivity index (χ4n) is 8.02. The summed E-state index contributed by atoms with van der Waals surface area (Å²) < 4.78 is 11.6. The first-order valence-electron chi connectivity index (χ1n) is 17.6. The molecule has 0 spiro atoms. The van der Waals surface area contributed by atoms with Gasteiger partial charge in [-0.3, -0.25) is 0 Å². The number of para-hydroxylation sites is 4. The van der Waals surface area contributed by atoms with E-state index in [0.717, 1.165) is 55.8 Å². The molecule has 3 aromatic heterocycles. The fraction of sp³-hybridized carbons (Fsp3) is 0.